The van der Waals surface area contributed by atoms with Crippen LogP contribution in [0.1, 0.15) is 47.0 Å². The smallest absolute Gasteiger partial charge is 0.155 e. The van der Waals surface area contributed by atoms with Crippen LogP contribution in [0.2, 0.25) is 0 Å². The first kappa shape index (κ1) is 14.0. The molecule has 0 amide bonds. The van der Waals surface area contributed by atoms with Crippen LogP contribution in [-0.4, -0.2) is 32.1 Å². The molecule has 1 rings (SSSR count). The Morgan fingerprint density at radius 3 is 2.19 bits per heavy atom. The SMILES string of the molecule is CCC(C)(C)S(=O)(=O)CC1(C)CCOCC1. The van der Waals surface area contributed by atoms with Gasteiger partial charge < -0.3 is 4.74 Å². The number of sulfone groups is 1. The van der Waals surface area contributed by atoms with Crippen molar-refractivity contribution in [3.63, 3.8) is 0 Å². The second-order valence-electron chi connectivity index (χ2n) is 5.80. The van der Waals surface area contributed by atoms with Crippen LogP contribution in [0.15, 0.2) is 0 Å². The van der Waals surface area contributed by atoms with Crippen LogP contribution in [0.4, 0.5) is 0 Å². The summed E-state index contributed by atoms with van der Waals surface area (Å²) < 4.78 is 29.3. The summed E-state index contributed by atoms with van der Waals surface area (Å²) in [6, 6.07) is 0. The fourth-order valence-corrected chi connectivity index (χ4v) is 3.92. The molecule has 0 aromatic carbocycles. The van der Waals surface area contributed by atoms with Crippen LogP contribution in [0, 0.1) is 5.41 Å². The number of hydrogen-bond acceptors (Lipinski definition) is 3. The van der Waals surface area contributed by atoms with E-state index in [9.17, 15) is 8.42 Å². The minimum absolute atomic E-state index is 0.0937. The molecule has 0 aromatic heterocycles. The van der Waals surface area contributed by atoms with Gasteiger partial charge in [-0.3, -0.25) is 0 Å². The van der Waals surface area contributed by atoms with E-state index in [0.717, 1.165) is 12.8 Å². The van der Waals surface area contributed by atoms with E-state index < -0.39 is 14.6 Å². The zero-order chi connectivity index (χ0) is 12.4. The Bertz CT molecular complexity index is 324. The van der Waals surface area contributed by atoms with E-state index in [-0.39, 0.29) is 5.41 Å². The maximum absolute atomic E-state index is 12.3. The Kier molecular flexibility index (Phi) is 4.06. The van der Waals surface area contributed by atoms with Gasteiger partial charge in [-0.15, -0.1) is 0 Å². The Labute approximate surface area is 99.5 Å². The molecule has 0 aromatic rings. The van der Waals surface area contributed by atoms with Crippen LogP contribution < -0.4 is 0 Å². The van der Waals surface area contributed by atoms with Crippen molar-refractivity contribution in [1.82, 2.24) is 0 Å². The van der Waals surface area contributed by atoms with Gasteiger partial charge in [-0.1, -0.05) is 13.8 Å². The van der Waals surface area contributed by atoms with Crippen molar-refractivity contribution in [2.45, 2.75) is 51.7 Å². The molecule has 1 fully saturated rings. The molecule has 0 saturated carbocycles. The minimum Gasteiger partial charge on any atom is -0.381 e. The van der Waals surface area contributed by atoms with Crippen LogP contribution in [0.3, 0.4) is 0 Å². The van der Waals surface area contributed by atoms with Crippen LogP contribution in [0.25, 0.3) is 0 Å². The Morgan fingerprint density at radius 2 is 1.75 bits per heavy atom. The summed E-state index contributed by atoms with van der Waals surface area (Å²) in [4.78, 5) is 0. The molecular formula is C12H24O3S. The molecule has 16 heavy (non-hydrogen) atoms. The number of hydrogen-bond donors (Lipinski definition) is 0. The van der Waals surface area contributed by atoms with Crippen LogP contribution in [0.5, 0.6) is 0 Å². The summed E-state index contributed by atoms with van der Waals surface area (Å²) >= 11 is 0. The molecule has 0 bridgehead atoms. The first-order chi connectivity index (χ1) is 7.22. The van der Waals surface area contributed by atoms with Crippen molar-refractivity contribution in [2.75, 3.05) is 19.0 Å². The molecule has 0 N–H and O–H groups in total. The second kappa shape index (κ2) is 4.65. The molecule has 4 heteroatoms. The monoisotopic (exact) mass is 248 g/mol. The van der Waals surface area contributed by atoms with Gasteiger partial charge >= 0.3 is 0 Å². The summed E-state index contributed by atoms with van der Waals surface area (Å²) in [5, 5.41) is 0. The Hall–Kier alpha value is -0.0900. The van der Waals surface area contributed by atoms with E-state index in [1.807, 2.05) is 20.8 Å². The highest BCUT2D eigenvalue weighted by molar-refractivity contribution is 7.92. The molecule has 1 heterocycles. The molecule has 3 nitrogen and oxygen atoms in total. The van der Waals surface area contributed by atoms with E-state index in [0.29, 0.717) is 25.4 Å². The fraction of sp³-hybridized carbons (Fsp3) is 1.00. The quantitative estimate of drug-likeness (QED) is 0.767. The van der Waals surface area contributed by atoms with Gasteiger partial charge in [0.05, 0.1) is 10.5 Å². The van der Waals surface area contributed by atoms with Gasteiger partial charge in [-0.05, 0) is 38.5 Å². The predicted molar refractivity (Wildman–Crippen MR) is 66.3 cm³/mol. The molecule has 0 unspecified atom stereocenters. The lowest BCUT2D eigenvalue weighted by Crippen LogP contribution is -2.41. The molecule has 1 aliphatic rings. The molecule has 96 valence electrons. The highest BCUT2D eigenvalue weighted by Gasteiger charge is 2.39. The first-order valence-electron chi connectivity index (χ1n) is 6.02. The van der Waals surface area contributed by atoms with Crippen molar-refractivity contribution in [3.05, 3.63) is 0 Å². The van der Waals surface area contributed by atoms with E-state index >= 15 is 0 Å². The average molecular weight is 248 g/mol. The maximum Gasteiger partial charge on any atom is 0.155 e. The van der Waals surface area contributed by atoms with Crippen LogP contribution in [-0.2, 0) is 14.6 Å². The normalized spacial score (nSPS) is 22.0. The third kappa shape index (κ3) is 2.98. The second-order valence-corrected chi connectivity index (χ2v) is 8.42. The van der Waals surface area contributed by atoms with Crippen LogP contribution >= 0.6 is 0 Å². The largest absolute Gasteiger partial charge is 0.381 e. The molecule has 1 saturated heterocycles. The first-order valence-corrected chi connectivity index (χ1v) is 7.68. The fourth-order valence-electron chi connectivity index (χ4n) is 1.88. The van der Waals surface area contributed by atoms with Gasteiger partial charge in [0.25, 0.3) is 0 Å². The van der Waals surface area contributed by atoms with Gasteiger partial charge in [0.1, 0.15) is 0 Å². The lowest BCUT2D eigenvalue weighted by atomic mass is 9.85. The zero-order valence-corrected chi connectivity index (χ0v) is 11.7. The molecule has 0 atom stereocenters. The van der Waals surface area contributed by atoms with Crippen molar-refractivity contribution >= 4 is 9.84 Å². The van der Waals surface area contributed by atoms with E-state index in [4.69, 9.17) is 4.74 Å². The molecule has 0 aliphatic carbocycles. The minimum atomic E-state index is -3.02. The van der Waals surface area contributed by atoms with Crippen molar-refractivity contribution in [3.8, 4) is 0 Å². The standard InChI is InChI=1S/C12H24O3S/c1-5-11(2,3)16(13,14)10-12(4)6-8-15-9-7-12/h5-10H2,1-4H3. The lowest BCUT2D eigenvalue weighted by Gasteiger charge is -2.36. The topological polar surface area (TPSA) is 43.4 Å². The number of rotatable bonds is 4. The highest BCUT2D eigenvalue weighted by Crippen LogP contribution is 2.35. The molecular weight excluding hydrogens is 224 g/mol. The van der Waals surface area contributed by atoms with E-state index in [2.05, 4.69) is 6.92 Å². The summed E-state index contributed by atoms with van der Waals surface area (Å²) in [6.07, 6.45) is 2.37. The molecule has 1 aliphatic heterocycles. The lowest BCUT2D eigenvalue weighted by molar-refractivity contribution is 0.0339. The van der Waals surface area contributed by atoms with Gasteiger partial charge in [-0.25, -0.2) is 8.42 Å². The summed E-state index contributed by atoms with van der Waals surface area (Å²) in [6.45, 7) is 9.04. The van der Waals surface area contributed by atoms with Gasteiger partial charge in [0.15, 0.2) is 9.84 Å². The zero-order valence-electron chi connectivity index (χ0n) is 10.9. The third-order valence-electron chi connectivity index (χ3n) is 3.93. The van der Waals surface area contributed by atoms with Gasteiger partial charge in [0, 0.05) is 13.2 Å². The summed E-state index contributed by atoms with van der Waals surface area (Å²) in [7, 11) is -3.02. The number of ether oxygens (including phenoxy) is 1. The summed E-state index contributed by atoms with van der Waals surface area (Å²) in [5.41, 5.74) is -0.0937. The predicted octanol–water partition coefficient (Wildman–Crippen LogP) is 2.41. The highest BCUT2D eigenvalue weighted by atomic mass is 32.2. The van der Waals surface area contributed by atoms with Gasteiger partial charge in [-0.2, -0.15) is 0 Å². The molecule has 0 radical (unpaired) electrons. The van der Waals surface area contributed by atoms with Crippen molar-refractivity contribution in [2.24, 2.45) is 5.41 Å². The van der Waals surface area contributed by atoms with Gasteiger partial charge in [0.2, 0.25) is 0 Å². The van der Waals surface area contributed by atoms with Crippen molar-refractivity contribution < 1.29 is 13.2 Å². The Morgan fingerprint density at radius 1 is 1.25 bits per heavy atom. The maximum atomic E-state index is 12.3. The molecule has 0 spiro atoms. The van der Waals surface area contributed by atoms with Crippen molar-refractivity contribution in [1.29, 1.82) is 0 Å². The average Bonchev–Trinajstić information content (AvgIpc) is 2.17. The third-order valence-corrected chi connectivity index (χ3v) is 6.98. The summed E-state index contributed by atoms with van der Waals surface area (Å²) in [5.74, 6) is 0.296. The van der Waals surface area contributed by atoms with E-state index in [1.165, 1.54) is 0 Å². The van der Waals surface area contributed by atoms with E-state index in [1.54, 1.807) is 0 Å². The Balaban J connectivity index is 2.79.